The number of hydrogen-bond acceptors (Lipinski definition) is 5. The third-order valence-electron chi connectivity index (χ3n) is 3.99. The molecule has 25 heavy (non-hydrogen) atoms. The molecular formula is C18H16N2O5. The Morgan fingerprint density at radius 1 is 1.24 bits per heavy atom. The molecule has 2 N–H and O–H groups in total. The number of carbonyl (C=O) groups is 1. The highest BCUT2D eigenvalue weighted by Gasteiger charge is 2.18. The van der Waals surface area contributed by atoms with E-state index in [1.165, 1.54) is 24.3 Å². The second kappa shape index (κ2) is 6.74. The highest BCUT2D eigenvalue weighted by Crippen LogP contribution is 2.25. The molecule has 1 amide bonds. The van der Waals surface area contributed by atoms with Crippen molar-refractivity contribution in [3.8, 4) is 0 Å². The largest absolute Gasteiger partial charge is 0.451 e. The summed E-state index contributed by atoms with van der Waals surface area (Å²) >= 11 is 0. The number of para-hydroxylation sites is 1. The summed E-state index contributed by atoms with van der Waals surface area (Å²) in [5.74, 6) is -0.216. The molecule has 128 valence electrons. The molecule has 0 bridgehead atoms. The molecule has 0 aliphatic heterocycles. The second-order valence-electron chi connectivity index (χ2n) is 5.63. The van der Waals surface area contributed by atoms with Gasteiger partial charge in [-0.25, -0.2) is 0 Å². The quantitative estimate of drug-likeness (QED) is 0.548. The molecule has 3 aromatic rings. The molecule has 1 aromatic heterocycles. The van der Waals surface area contributed by atoms with Gasteiger partial charge in [0.2, 0.25) is 0 Å². The normalized spacial score (nSPS) is 12.1. The van der Waals surface area contributed by atoms with Gasteiger partial charge in [0.25, 0.3) is 11.6 Å². The van der Waals surface area contributed by atoms with Crippen molar-refractivity contribution in [1.29, 1.82) is 0 Å². The number of aryl methyl sites for hydroxylation is 1. The van der Waals surface area contributed by atoms with Crippen LogP contribution in [0.3, 0.4) is 0 Å². The van der Waals surface area contributed by atoms with E-state index in [-0.39, 0.29) is 18.0 Å². The van der Waals surface area contributed by atoms with Crippen molar-refractivity contribution in [2.45, 2.75) is 13.0 Å². The van der Waals surface area contributed by atoms with Crippen LogP contribution in [0.15, 0.2) is 52.9 Å². The molecule has 0 fully saturated rings. The Balaban J connectivity index is 1.68. The minimum absolute atomic E-state index is 0.0346. The number of aliphatic hydroxyl groups is 1. The van der Waals surface area contributed by atoms with Crippen molar-refractivity contribution >= 4 is 22.6 Å². The van der Waals surface area contributed by atoms with Crippen molar-refractivity contribution in [2.75, 3.05) is 6.54 Å². The lowest BCUT2D eigenvalue weighted by molar-refractivity contribution is -0.384. The van der Waals surface area contributed by atoms with Crippen LogP contribution in [0.25, 0.3) is 11.0 Å². The number of amides is 1. The van der Waals surface area contributed by atoms with Crippen LogP contribution >= 0.6 is 0 Å². The van der Waals surface area contributed by atoms with Crippen LogP contribution in [0, 0.1) is 17.0 Å². The maximum Gasteiger partial charge on any atom is 0.287 e. The zero-order valence-electron chi connectivity index (χ0n) is 13.4. The zero-order chi connectivity index (χ0) is 18.0. The third-order valence-corrected chi connectivity index (χ3v) is 3.99. The summed E-state index contributed by atoms with van der Waals surface area (Å²) in [6.45, 7) is 1.76. The second-order valence-corrected chi connectivity index (χ2v) is 5.63. The first-order chi connectivity index (χ1) is 12.0. The number of nitro groups is 1. The number of hydrogen-bond donors (Lipinski definition) is 2. The molecule has 3 rings (SSSR count). The van der Waals surface area contributed by atoms with Crippen LogP contribution < -0.4 is 5.32 Å². The van der Waals surface area contributed by atoms with Crippen LogP contribution in [0.1, 0.15) is 27.8 Å². The summed E-state index contributed by atoms with van der Waals surface area (Å²) in [7, 11) is 0. The molecule has 0 radical (unpaired) electrons. The monoisotopic (exact) mass is 340 g/mol. The number of aliphatic hydroxyl groups excluding tert-OH is 1. The Bertz CT molecular complexity index is 930. The lowest BCUT2D eigenvalue weighted by atomic mass is 10.1. The molecule has 0 aliphatic rings. The van der Waals surface area contributed by atoms with Gasteiger partial charge < -0.3 is 14.8 Å². The number of nitrogens with one attached hydrogen (secondary N) is 1. The van der Waals surface area contributed by atoms with Crippen LogP contribution in [0.5, 0.6) is 0 Å². The minimum Gasteiger partial charge on any atom is -0.451 e. The summed E-state index contributed by atoms with van der Waals surface area (Å²) < 4.78 is 5.57. The molecule has 0 spiro atoms. The first kappa shape index (κ1) is 16.7. The number of rotatable bonds is 5. The number of nitro benzene ring substituents is 1. The summed E-state index contributed by atoms with van der Waals surface area (Å²) in [4.78, 5) is 22.4. The van der Waals surface area contributed by atoms with Gasteiger partial charge in [-0.05, 0) is 30.7 Å². The van der Waals surface area contributed by atoms with Crippen molar-refractivity contribution in [1.82, 2.24) is 5.32 Å². The third kappa shape index (κ3) is 3.36. The fraction of sp³-hybridized carbons (Fsp3) is 0.167. The van der Waals surface area contributed by atoms with E-state index in [0.717, 1.165) is 10.9 Å². The maximum atomic E-state index is 12.3. The van der Waals surface area contributed by atoms with E-state index in [1.54, 1.807) is 13.0 Å². The van der Waals surface area contributed by atoms with Gasteiger partial charge in [-0.3, -0.25) is 14.9 Å². The highest BCUT2D eigenvalue weighted by atomic mass is 16.6. The van der Waals surface area contributed by atoms with Crippen molar-refractivity contribution in [3.63, 3.8) is 0 Å². The number of non-ortho nitro benzene ring substituents is 1. The molecule has 0 saturated carbocycles. The summed E-state index contributed by atoms with van der Waals surface area (Å²) in [5.41, 5.74) is 1.78. The van der Waals surface area contributed by atoms with Crippen LogP contribution in [-0.4, -0.2) is 22.5 Å². The molecule has 0 aliphatic carbocycles. The van der Waals surface area contributed by atoms with Gasteiger partial charge in [-0.15, -0.1) is 0 Å². The molecule has 7 nitrogen and oxygen atoms in total. The lowest BCUT2D eigenvalue weighted by Gasteiger charge is -2.11. The number of carbonyl (C=O) groups excluding carboxylic acids is 1. The smallest absolute Gasteiger partial charge is 0.287 e. The predicted molar refractivity (Wildman–Crippen MR) is 91.3 cm³/mol. The first-order valence-corrected chi connectivity index (χ1v) is 7.66. The van der Waals surface area contributed by atoms with Gasteiger partial charge in [0, 0.05) is 29.6 Å². The fourth-order valence-corrected chi connectivity index (χ4v) is 2.60. The van der Waals surface area contributed by atoms with Gasteiger partial charge >= 0.3 is 0 Å². The van der Waals surface area contributed by atoms with Crippen LogP contribution in [-0.2, 0) is 0 Å². The fourth-order valence-electron chi connectivity index (χ4n) is 2.60. The minimum atomic E-state index is -0.977. The molecule has 1 atom stereocenters. The van der Waals surface area contributed by atoms with E-state index in [1.807, 2.05) is 18.2 Å². The summed E-state index contributed by atoms with van der Waals surface area (Å²) in [6, 6.07) is 12.9. The van der Waals surface area contributed by atoms with Crippen molar-refractivity contribution in [2.24, 2.45) is 0 Å². The predicted octanol–water partition coefficient (Wildman–Crippen LogP) is 3.11. The Morgan fingerprint density at radius 3 is 2.56 bits per heavy atom. The van der Waals surface area contributed by atoms with Gasteiger partial charge in [-0.2, -0.15) is 0 Å². The van der Waals surface area contributed by atoms with E-state index in [2.05, 4.69) is 5.32 Å². The van der Waals surface area contributed by atoms with Gasteiger partial charge in [0.1, 0.15) is 5.58 Å². The van der Waals surface area contributed by atoms with E-state index >= 15 is 0 Å². The lowest BCUT2D eigenvalue weighted by Crippen LogP contribution is -2.28. The number of fused-ring (bicyclic) bond motifs is 1. The molecule has 1 unspecified atom stereocenters. The number of furan rings is 1. The maximum absolute atomic E-state index is 12.3. The van der Waals surface area contributed by atoms with E-state index in [4.69, 9.17) is 4.42 Å². The van der Waals surface area contributed by atoms with Gasteiger partial charge in [0.15, 0.2) is 5.76 Å². The Kier molecular flexibility index (Phi) is 4.49. The van der Waals surface area contributed by atoms with Gasteiger partial charge in [-0.1, -0.05) is 18.2 Å². The first-order valence-electron chi connectivity index (χ1n) is 7.66. The van der Waals surface area contributed by atoms with Crippen LogP contribution in [0.2, 0.25) is 0 Å². The van der Waals surface area contributed by atoms with Crippen molar-refractivity contribution in [3.05, 3.63) is 75.5 Å². The molecule has 7 heteroatoms. The van der Waals surface area contributed by atoms with E-state index in [9.17, 15) is 20.0 Å². The number of benzene rings is 2. The molecular weight excluding hydrogens is 324 g/mol. The van der Waals surface area contributed by atoms with Crippen LogP contribution in [0.4, 0.5) is 5.69 Å². The van der Waals surface area contributed by atoms with Gasteiger partial charge in [0.05, 0.1) is 11.0 Å². The average molecular weight is 340 g/mol. The standard InChI is InChI=1S/C18H16N2O5/c1-11-14-4-2-3-5-16(14)25-17(11)18(22)19-10-15(21)12-6-8-13(9-7-12)20(23)24/h2-9,15,21H,10H2,1H3,(H,19,22). The summed E-state index contributed by atoms with van der Waals surface area (Å²) in [6.07, 6.45) is -0.977. The Morgan fingerprint density at radius 2 is 1.92 bits per heavy atom. The van der Waals surface area contributed by atoms with E-state index in [0.29, 0.717) is 11.1 Å². The molecule has 1 heterocycles. The molecule has 0 saturated heterocycles. The highest BCUT2D eigenvalue weighted by molar-refractivity contribution is 5.98. The number of nitrogens with zero attached hydrogens (tertiary/aromatic N) is 1. The summed E-state index contributed by atoms with van der Waals surface area (Å²) in [5, 5.41) is 24.3. The van der Waals surface area contributed by atoms with E-state index < -0.39 is 16.9 Å². The van der Waals surface area contributed by atoms with Crippen molar-refractivity contribution < 1.29 is 19.2 Å². The SMILES string of the molecule is Cc1c(C(=O)NCC(O)c2ccc([N+](=O)[O-])cc2)oc2ccccc12. The Hall–Kier alpha value is -3.19. The Labute approximate surface area is 143 Å². The average Bonchev–Trinajstić information content (AvgIpc) is 2.96. The topological polar surface area (TPSA) is 106 Å². The molecule has 2 aromatic carbocycles. The zero-order valence-corrected chi connectivity index (χ0v) is 13.4.